The van der Waals surface area contributed by atoms with Gasteiger partial charge in [0.05, 0.1) is 19.2 Å². The number of nitrogens with zero attached hydrogens (tertiary/aromatic N) is 1. The van der Waals surface area contributed by atoms with E-state index in [1.807, 2.05) is 12.2 Å². The number of rotatable bonds is 1. The minimum Gasteiger partial charge on any atom is -0.197 e. The van der Waals surface area contributed by atoms with Crippen molar-refractivity contribution < 1.29 is 0 Å². The Balaban J connectivity index is 2.76. The maximum Gasteiger partial charge on any atom is 0.0839 e. The zero-order valence-electron chi connectivity index (χ0n) is 6.10. The molecule has 2 heteroatoms. The Bertz CT molecular complexity index is 186. The number of hydrogen-bond donors (Lipinski definition) is 0. The summed E-state index contributed by atoms with van der Waals surface area (Å²) < 4.78 is 0. The Labute approximate surface area is 57.0 Å². The van der Waals surface area contributed by atoms with Crippen LogP contribution >= 0.6 is 0 Å². The largest absolute Gasteiger partial charge is 0.197 e. The molecule has 0 N–H and O–H groups in total. The van der Waals surface area contributed by atoms with Crippen LogP contribution in [0.4, 0.5) is 0 Å². The third-order valence-corrected chi connectivity index (χ3v) is 4.85. The van der Waals surface area contributed by atoms with Gasteiger partial charge < -0.3 is 0 Å². The smallest absolute Gasteiger partial charge is 0.0839 e. The van der Waals surface area contributed by atoms with Crippen LogP contribution < -0.4 is 0 Å². The Morgan fingerprint density at radius 2 is 1.78 bits per heavy atom. The van der Waals surface area contributed by atoms with E-state index in [-0.39, 0.29) is 5.04 Å². The van der Waals surface area contributed by atoms with E-state index in [0.717, 1.165) is 0 Å². The summed E-state index contributed by atoms with van der Waals surface area (Å²) in [6.07, 6.45) is 4.05. The summed E-state index contributed by atoms with van der Waals surface area (Å²) in [7, 11) is -1.25. The molecular formula is C7H11NSi. The number of nitriles is 1. The first-order chi connectivity index (χ1) is 4.02. The second-order valence-corrected chi connectivity index (χ2v) is 8.89. The van der Waals surface area contributed by atoms with Crippen LogP contribution in [0, 0.1) is 11.3 Å². The second-order valence-electron chi connectivity index (χ2n) is 3.56. The van der Waals surface area contributed by atoms with Crippen molar-refractivity contribution in [2.75, 3.05) is 0 Å². The Kier molecular flexibility index (Phi) is 1.08. The van der Waals surface area contributed by atoms with E-state index in [9.17, 15) is 0 Å². The molecule has 0 atom stereocenters. The Morgan fingerprint density at radius 1 is 1.33 bits per heavy atom. The second kappa shape index (κ2) is 1.48. The molecule has 48 valence electrons. The Hall–Kier alpha value is -0.553. The predicted octanol–water partition coefficient (Wildman–Crippen LogP) is 2.16. The summed E-state index contributed by atoms with van der Waals surface area (Å²) in [5, 5.41) is 8.64. The standard InChI is InChI=1S/C7H11NSi/c1-9(2,3)7(6-8)4-5-7/h4-5H,1-3H3. The van der Waals surface area contributed by atoms with Gasteiger partial charge in [-0.1, -0.05) is 31.8 Å². The van der Waals surface area contributed by atoms with Gasteiger partial charge in [0.15, 0.2) is 0 Å². The van der Waals surface area contributed by atoms with Gasteiger partial charge in [0, 0.05) is 0 Å². The van der Waals surface area contributed by atoms with Crippen molar-refractivity contribution in [2.24, 2.45) is 0 Å². The quantitative estimate of drug-likeness (QED) is 0.401. The van der Waals surface area contributed by atoms with Crippen LogP contribution in [0.1, 0.15) is 0 Å². The fourth-order valence-electron chi connectivity index (χ4n) is 0.826. The molecule has 0 aromatic rings. The molecule has 0 heterocycles. The molecule has 0 radical (unpaired) electrons. The topological polar surface area (TPSA) is 23.8 Å². The summed E-state index contributed by atoms with van der Waals surface area (Å²) >= 11 is 0. The van der Waals surface area contributed by atoms with Crippen LogP contribution in [-0.4, -0.2) is 8.07 Å². The molecule has 0 unspecified atom stereocenters. The fourth-order valence-corrected chi connectivity index (χ4v) is 2.24. The molecule has 0 fully saturated rings. The van der Waals surface area contributed by atoms with E-state index in [1.165, 1.54) is 0 Å². The third kappa shape index (κ3) is 0.817. The van der Waals surface area contributed by atoms with E-state index in [0.29, 0.717) is 0 Å². The first-order valence-corrected chi connectivity index (χ1v) is 6.63. The van der Waals surface area contributed by atoms with E-state index in [1.54, 1.807) is 0 Å². The molecule has 1 aliphatic rings. The van der Waals surface area contributed by atoms with E-state index in [4.69, 9.17) is 5.26 Å². The van der Waals surface area contributed by atoms with Crippen molar-refractivity contribution >= 4 is 8.07 Å². The lowest BCUT2D eigenvalue weighted by atomic mass is 10.4. The zero-order chi connectivity index (χ0) is 7.12. The highest BCUT2D eigenvalue weighted by Gasteiger charge is 2.46. The minimum atomic E-state index is -1.25. The van der Waals surface area contributed by atoms with Gasteiger partial charge in [-0.05, 0) is 0 Å². The molecule has 0 aliphatic heterocycles. The summed E-state index contributed by atoms with van der Waals surface area (Å²) in [6, 6.07) is 2.34. The van der Waals surface area contributed by atoms with Crippen LogP contribution in [0.5, 0.6) is 0 Å². The summed E-state index contributed by atoms with van der Waals surface area (Å²) in [5.41, 5.74) is 0. The maximum absolute atomic E-state index is 8.71. The normalized spacial score (nSPS) is 21.1. The predicted molar refractivity (Wildman–Crippen MR) is 40.8 cm³/mol. The molecule has 9 heavy (non-hydrogen) atoms. The third-order valence-electron chi connectivity index (χ3n) is 1.93. The van der Waals surface area contributed by atoms with Gasteiger partial charge in [-0.3, -0.25) is 0 Å². The zero-order valence-corrected chi connectivity index (χ0v) is 7.10. The highest BCUT2D eigenvalue weighted by Crippen LogP contribution is 2.50. The SMILES string of the molecule is C[Si](C)(C)C1(C#N)C=C1. The average molecular weight is 137 g/mol. The van der Waals surface area contributed by atoms with Crippen LogP contribution in [-0.2, 0) is 0 Å². The number of hydrogen-bond acceptors (Lipinski definition) is 1. The monoisotopic (exact) mass is 137 g/mol. The van der Waals surface area contributed by atoms with E-state index < -0.39 is 8.07 Å². The molecule has 0 bridgehead atoms. The van der Waals surface area contributed by atoms with Gasteiger partial charge in [-0.15, -0.1) is 0 Å². The van der Waals surface area contributed by atoms with Gasteiger partial charge in [-0.2, -0.15) is 5.26 Å². The van der Waals surface area contributed by atoms with Gasteiger partial charge in [0.2, 0.25) is 0 Å². The maximum atomic E-state index is 8.71. The molecule has 0 aromatic carbocycles. The number of allylic oxidation sites excluding steroid dienone is 2. The molecule has 0 aromatic heterocycles. The summed E-state index contributed by atoms with van der Waals surface area (Å²) in [5.74, 6) is 0. The van der Waals surface area contributed by atoms with Crippen LogP contribution in [0.25, 0.3) is 0 Å². The molecule has 1 aliphatic carbocycles. The summed E-state index contributed by atoms with van der Waals surface area (Å²) in [6.45, 7) is 6.66. The molecule has 0 amide bonds. The van der Waals surface area contributed by atoms with Crippen molar-refractivity contribution in [3.63, 3.8) is 0 Å². The van der Waals surface area contributed by atoms with Crippen molar-refractivity contribution in [3.8, 4) is 6.07 Å². The molecule has 1 rings (SSSR count). The van der Waals surface area contributed by atoms with Crippen molar-refractivity contribution in [1.82, 2.24) is 0 Å². The van der Waals surface area contributed by atoms with Crippen molar-refractivity contribution in [1.29, 1.82) is 5.26 Å². The average Bonchev–Trinajstić information content (AvgIpc) is 2.40. The van der Waals surface area contributed by atoms with Gasteiger partial charge in [0.1, 0.15) is 0 Å². The van der Waals surface area contributed by atoms with Gasteiger partial charge in [-0.25, -0.2) is 0 Å². The molecule has 0 saturated heterocycles. The van der Waals surface area contributed by atoms with Crippen molar-refractivity contribution in [2.45, 2.75) is 24.7 Å². The first kappa shape index (κ1) is 6.57. The first-order valence-electron chi connectivity index (χ1n) is 3.13. The molecular weight excluding hydrogens is 126 g/mol. The van der Waals surface area contributed by atoms with Gasteiger partial charge in [0.25, 0.3) is 0 Å². The van der Waals surface area contributed by atoms with E-state index >= 15 is 0 Å². The lowest BCUT2D eigenvalue weighted by molar-refractivity contribution is 1.18. The Morgan fingerprint density at radius 3 is 1.78 bits per heavy atom. The highest BCUT2D eigenvalue weighted by molar-refractivity contribution is 6.82. The van der Waals surface area contributed by atoms with E-state index in [2.05, 4.69) is 25.7 Å². The summed E-state index contributed by atoms with van der Waals surface area (Å²) in [4.78, 5) is 0. The fraction of sp³-hybridized carbons (Fsp3) is 0.571. The minimum absolute atomic E-state index is 0.0764. The molecule has 1 nitrogen and oxygen atoms in total. The van der Waals surface area contributed by atoms with Crippen molar-refractivity contribution in [3.05, 3.63) is 12.2 Å². The lowest BCUT2D eigenvalue weighted by Gasteiger charge is -2.21. The highest BCUT2D eigenvalue weighted by atomic mass is 28.3. The lowest BCUT2D eigenvalue weighted by Crippen LogP contribution is -2.29. The van der Waals surface area contributed by atoms with Crippen LogP contribution in [0.2, 0.25) is 24.7 Å². The molecule has 0 saturated carbocycles. The van der Waals surface area contributed by atoms with Crippen LogP contribution in [0.15, 0.2) is 12.2 Å². The van der Waals surface area contributed by atoms with Crippen LogP contribution in [0.3, 0.4) is 0 Å². The molecule has 0 spiro atoms. The van der Waals surface area contributed by atoms with Gasteiger partial charge >= 0.3 is 0 Å².